The number of ether oxygens (including phenoxy) is 1. The summed E-state index contributed by atoms with van der Waals surface area (Å²) in [5.74, 6) is 0.506. The Morgan fingerprint density at radius 1 is 1.00 bits per heavy atom. The van der Waals surface area contributed by atoms with Gasteiger partial charge < -0.3 is 4.74 Å². The molecule has 0 amide bonds. The van der Waals surface area contributed by atoms with Crippen molar-refractivity contribution in [2.75, 3.05) is 0 Å². The zero-order valence-corrected chi connectivity index (χ0v) is 11.6. The van der Waals surface area contributed by atoms with Gasteiger partial charge in [0.2, 0.25) is 5.88 Å². The third-order valence-corrected chi connectivity index (χ3v) is 3.32. The summed E-state index contributed by atoms with van der Waals surface area (Å²) < 4.78 is 5.62. The molecule has 0 aliphatic carbocycles. The Balaban J connectivity index is 2.11. The Morgan fingerprint density at radius 2 is 1.67 bits per heavy atom. The molecule has 94 valence electrons. The van der Waals surface area contributed by atoms with E-state index in [1.165, 1.54) is 0 Å². The van der Waals surface area contributed by atoms with Crippen LogP contribution in [-0.2, 0) is 6.61 Å². The number of nitrogens with zero attached hydrogens (tertiary/aromatic N) is 2. The molecule has 3 nitrogen and oxygen atoms in total. The Hall–Kier alpha value is -1.32. The van der Waals surface area contributed by atoms with Gasteiger partial charge in [-0.25, -0.2) is 0 Å². The van der Waals surface area contributed by atoms with Crippen LogP contribution in [0.15, 0.2) is 24.3 Å². The summed E-state index contributed by atoms with van der Waals surface area (Å²) in [7, 11) is 0. The molecule has 1 aromatic carbocycles. The maximum absolute atomic E-state index is 5.88. The Kier molecular flexibility index (Phi) is 4.04. The van der Waals surface area contributed by atoms with Gasteiger partial charge in [0.05, 0.1) is 0 Å². The SMILES string of the molecule is Cc1c(Cl)nnc(OCc2ccc(Cl)cc2)c1C. The number of benzene rings is 1. The van der Waals surface area contributed by atoms with Crippen LogP contribution in [0.4, 0.5) is 0 Å². The average molecular weight is 283 g/mol. The van der Waals surface area contributed by atoms with E-state index in [-0.39, 0.29) is 0 Å². The Labute approximate surface area is 116 Å². The van der Waals surface area contributed by atoms with E-state index in [1.807, 2.05) is 38.1 Å². The fourth-order valence-corrected chi connectivity index (χ4v) is 1.73. The third kappa shape index (κ3) is 2.92. The number of hydrogen-bond donors (Lipinski definition) is 0. The van der Waals surface area contributed by atoms with Crippen LogP contribution in [0.2, 0.25) is 10.2 Å². The molecule has 2 aromatic rings. The van der Waals surface area contributed by atoms with E-state index in [9.17, 15) is 0 Å². The molecule has 0 spiro atoms. The second-order valence-electron chi connectivity index (χ2n) is 3.96. The summed E-state index contributed by atoms with van der Waals surface area (Å²) in [6.45, 7) is 4.22. The summed E-state index contributed by atoms with van der Waals surface area (Å²) in [6, 6.07) is 7.47. The molecule has 0 aliphatic rings. The Bertz CT molecular complexity index is 556. The van der Waals surface area contributed by atoms with E-state index < -0.39 is 0 Å². The fourth-order valence-electron chi connectivity index (χ4n) is 1.42. The average Bonchev–Trinajstić information content (AvgIpc) is 2.37. The topological polar surface area (TPSA) is 35.0 Å². The van der Waals surface area contributed by atoms with Gasteiger partial charge in [-0.3, -0.25) is 0 Å². The predicted molar refractivity (Wildman–Crippen MR) is 72.3 cm³/mol. The molecule has 1 aromatic heterocycles. The lowest BCUT2D eigenvalue weighted by Crippen LogP contribution is -2.02. The molecule has 0 fully saturated rings. The monoisotopic (exact) mass is 282 g/mol. The van der Waals surface area contributed by atoms with Gasteiger partial charge in [0.15, 0.2) is 5.15 Å². The van der Waals surface area contributed by atoms with Crippen LogP contribution in [0.5, 0.6) is 5.88 Å². The van der Waals surface area contributed by atoms with Crippen LogP contribution in [0.1, 0.15) is 16.7 Å². The summed E-state index contributed by atoms with van der Waals surface area (Å²) in [6.07, 6.45) is 0. The lowest BCUT2D eigenvalue weighted by molar-refractivity contribution is 0.287. The second-order valence-corrected chi connectivity index (χ2v) is 4.76. The zero-order chi connectivity index (χ0) is 13.1. The quantitative estimate of drug-likeness (QED) is 0.854. The molecule has 0 radical (unpaired) electrons. The summed E-state index contributed by atoms with van der Waals surface area (Å²) in [4.78, 5) is 0. The first-order valence-electron chi connectivity index (χ1n) is 5.44. The normalized spacial score (nSPS) is 10.4. The highest BCUT2D eigenvalue weighted by molar-refractivity contribution is 6.30. The van der Waals surface area contributed by atoms with Gasteiger partial charge >= 0.3 is 0 Å². The van der Waals surface area contributed by atoms with E-state index in [2.05, 4.69) is 10.2 Å². The first-order valence-corrected chi connectivity index (χ1v) is 6.20. The molecule has 5 heteroatoms. The summed E-state index contributed by atoms with van der Waals surface area (Å²) in [5.41, 5.74) is 2.81. The number of rotatable bonds is 3. The van der Waals surface area contributed by atoms with Gasteiger partial charge in [0.1, 0.15) is 6.61 Å². The van der Waals surface area contributed by atoms with Crippen LogP contribution >= 0.6 is 23.2 Å². The van der Waals surface area contributed by atoms with Crippen molar-refractivity contribution in [2.45, 2.75) is 20.5 Å². The second kappa shape index (κ2) is 5.55. The van der Waals surface area contributed by atoms with E-state index in [1.54, 1.807) is 0 Å². The molecule has 2 rings (SSSR count). The van der Waals surface area contributed by atoms with Crippen LogP contribution < -0.4 is 4.74 Å². The van der Waals surface area contributed by atoms with Gasteiger partial charge in [0.25, 0.3) is 0 Å². The van der Waals surface area contributed by atoms with Gasteiger partial charge in [-0.05, 0) is 37.1 Å². The summed E-state index contributed by atoms with van der Waals surface area (Å²) in [5, 5.41) is 8.89. The molecule has 1 heterocycles. The van der Waals surface area contributed by atoms with Crippen molar-refractivity contribution < 1.29 is 4.74 Å². The van der Waals surface area contributed by atoms with Crippen LogP contribution in [0.3, 0.4) is 0 Å². The molecule has 0 N–H and O–H groups in total. The smallest absolute Gasteiger partial charge is 0.237 e. The first kappa shape index (κ1) is 13.1. The maximum Gasteiger partial charge on any atom is 0.237 e. The molecule has 18 heavy (non-hydrogen) atoms. The highest BCUT2D eigenvalue weighted by Gasteiger charge is 2.09. The molecule has 0 atom stereocenters. The minimum absolute atomic E-state index is 0.409. The van der Waals surface area contributed by atoms with E-state index in [4.69, 9.17) is 27.9 Å². The first-order chi connectivity index (χ1) is 8.58. The van der Waals surface area contributed by atoms with Gasteiger partial charge in [0, 0.05) is 10.6 Å². The lowest BCUT2D eigenvalue weighted by Gasteiger charge is -2.09. The van der Waals surface area contributed by atoms with Crippen molar-refractivity contribution in [1.82, 2.24) is 10.2 Å². The zero-order valence-electron chi connectivity index (χ0n) is 10.1. The largest absolute Gasteiger partial charge is 0.472 e. The van der Waals surface area contributed by atoms with Crippen molar-refractivity contribution in [3.63, 3.8) is 0 Å². The van der Waals surface area contributed by atoms with Crippen molar-refractivity contribution in [3.8, 4) is 5.88 Å². The number of hydrogen-bond acceptors (Lipinski definition) is 3. The highest BCUT2D eigenvalue weighted by atomic mass is 35.5. The van der Waals surface area contributed by atoms with E-state index in [0.29, 0.717) is 22.7 Å². The number of halogens is 2. The predicted octanol–water partition coefficient (Wildman–Crippen LogP) is 3.98. The van der Waals surface area contributed by atoms with Crippen molar-refractivity contribution in [3.05, 3.63) is 51.1 Å². The molecule has 0 saturated carbocycles. The van der Waals surface area contributed by atoms with Gasteiger partial charge in [-0.1, -0.05) is 35.3 Å². The lowest BCUT2D eigenvalue weighted by atomic mass is 10.2. The molecular weight excluding hydrogens is 271 g/mol. The van der Waals surface area contributed by atoms with E-state index in [0.717, 1.165) is 16.7 Å². The molecular formula is C13H12Cl2N2O. The van der Waals surface area contributed by atoms with E-state index >= 15 is 0 Å². The number of aromatic nitrogens is 2. The van der Waals surface area contributed by atoms with Crippen molar-refractivity contribution in [2.24, 2.45) is 0 Å². The standard InChI is InChI=1S/C13H12Cl2N2O/c1-8-9(2)13(17-16-12(8)15)18-7-10-3-5-11(14)6-4-10/h3-6H,7H2,1-2H3. The van der Waals surface area contributed by atoms with Crippen molar-refractivity contribution in [1.29, 1.82) is 0 Å². The van der Waals surface area contributed by atoms with Crippen LogP contribution in [-0.4, -0.2) is 10.2 Å². The molecule has 0 bridgehead atoms. The third-order valence-electron chi connectivity index (χ3n) is 2.71. The minimum atomic E-state index is 0.409. The minimum Gasteiger partial charge on any atom is -0.472 e. The summed E-state index contributed by atoms with van der Waals surface area (Å²) >= 11 is 11.7. The van der Waals surface area contributed by atoms with Crippen LogP contribution in [0.25, 0.3) is 0 Å². The molecule has 0 unspecified atom stereocenters. The van der Waals surface area contributed by atoms with Gasteiger partial charge in [-0.2, -0.15) is 0 Å². The van der Waals surface area contributed by atoms with Crippen molar-refractivity contribution >= 4 is 23.2 Å². The molecule has 0 saturated heterocycles. The van der Waals surface area contributed by atoms with Gasteiger partial charge in [-0.15, -0.1) is 10.2 Å². The maximum atomic E-state index is 5.88. The Morgan fingerprint density at radius 3 is 2.33 bits per heavy atom. The highest BCUT2D eigenvalue weighted by Crippen LogP contribution is 2.23. The molecule has 0 aliphatic heterocycles. The fraction of sp³-hybridized carbons (Fsp3) is 0.231. The van der Waals surface area contributed by atoms with Crippen LogP contribution in [0, 0.1) is 13.8 Å².